The van der Waals surface area contributed by atoms with Gasteiger partial charge in [-0.15, -0.1) is 0 Å². The molecule has 2 aromatic carbocycles. The molecule has 0 nitrogen and oxygen atoms in total. The third kappa shape index (κ3) is 4.02. The molecule has 0 aliphatic heterocycles. The molecule has 0 saturated heterocycles. The number of allylic oxidation sites excluding steroid dienone is 2. The van der Waals surface area contributed by atoms with Gasteiger partial charge in [0.2, 0.25) is 0 Å². The molecule has 156 valence electrons. The van der Waals surface area contributed by atoms with Crippen LogP contribution in [0.5, 0.6) is 0 Å². The standard InChI is InChI=1S/C28H22Si.2ClH.Zr/c1-29(2,27-17-15-23-21-9-5-3-7-19(21)11-13-25(23)27)28-18-16-24-22-10-6-4-8-20(22)12-14-26(24)28;;;/h3-18H,1-2H3;2*1H;/q;;;+2/p-2. The van der Waals surface area contributed by atoms with E-state index < -0.39 is 28.9 Å². The fourth-order valence-corrected chi connectivity index (χ4v) is 8.24. The first-order valence-electron chi connectivity index (χ1n) is 10.7. The second-order valence-electron chi connectivity index (χ2n) is 8.69. The van der Waals surface area contributed by atoms with Crippen LogP contribution in [0.1, 0.15) is 22.3 Å². The maximum atomic E-state index is 4.93. The van der Waals surface area contributed by atoms with Gasteiger partial charge in [0, 0.05) is 23.7 Å². The van der Waals surface area contributed by atoms with E-state index in [4.69, 9.17) is 17.0 Å². The van der Waals surface area contributed by atoms with E-state index in [1.165, 1.54) is 45.9 Å². The predicted molar refractivity (Wildman–Crippen MR) is 135 cm³/mol. The summed E-state index contributed by atoms with van der Waals surface area (Å²) in [6, 6.07) is 17.5. The minimum absolute atomic E-state index is 0.826. The van der Waals surface area contributed by atoms with E-state index in [9.17, 15) is 0 Å². The van der Waals surface area contributed by atoms with Gasteiger partial charge in [0.05, 0.1) is 8.07 Å². The minimum atomic E-state index is -1.85. The number of hydrogen-bond acceptors (Lipinski definition) is 0. The molecule has 2 aromatic rings. The van der Waals surface area contributed by atoms with E-state index in [0.717, 1.165) is 0 Å². The van der Waals surface area contributed by atoms with E-state index >= 15 is 0 Å². The van der Waals surface area contributed by atoms with E-state index in [2.05, 4.69) is 112 Å². The zero-order chi connectivity index (χ0) is 22.3. The van der Waals surface area contributed by atoms with Crippen molar-refractivity contribution in [2.45, 2.75) is 13.1 Å². The normalized spacial score (nSPS) is 21.5. The zero-order valence-corrected chi connectivity index (χ0v) is 23.0. The Hall–Kier alpha value is -0.400. The third-order valence-corrected chi connectivity index (χ3v) is 10.3. The van der Waals surface area contributed by atoms with Crippen LogP contribution in [0, 0.1) is 60.4 Å². The number of fused-ring (bicyclic) bond motifs is 6. The Labute approximate surface area is 213 Å². The van der Waals surface area contributed by atoms with Crippen molar-refractivity contribution in [2.24, 2.45) is 0 Å². The average molecular weight is 549 g/mol. The van der Waals surface area contributed by atoms with Gasteiger partial charge in [-0.3, -0.25) is 0 Å². The van der Waals surface area contributed by atoms with Crippen LogP contribution < -0.4 is 0 Å². The van der Waals surface area contributed by atoms with Gasteiger partial charge in [0.15, 0.2) is 0 Å². The average Bonchev–Trinajstić information content (AvgIpc) is 3.45. The molecule has 0 unspecified atom stereocenters. The second-order valence-corrected chi connectivity index (χ2v) is 16.7. The first-order valence-corrected chi connectivity index (χ1v) is 20.0. The number of hydrogen-bond donors (Lipinski definition) is 0. The van der Waals surface area contributed by atoms with Crippen LogP contribution in [0.15, 0.2) is 60.7 Å². The Balaban J connectivity index is 0.000000684. The quantitative estimate of drug-likeness (QED) is 0.339. The van der Waals surface area contributed by atoms with Gasteiger partial charge in [-0.05, 0) is 59.0 Å². The molecular formula is C28H22Cl2SiZr. The maximum absolute atomic E-state index is 4.93. The number of rotatable bonds is 2. The van der Waals surface area contributed by atoms with Gasteiger partial charge >= 0.3 is 37.9 Å². The van der Waals surface area contributed by atoms with E-state index in [1.54, 1.807) is 11.1 Å². The van der Waals surface area contributed by atoms with Crippen molar-refractivity contribution in [3.05, 3.63) is 143 Å². The summed E-state index contributed by atoms with van der Waals surface area (Å²) in [6.45, 7) is 5.00. The van der Waals surface area contributed by atoms with Crippen molar-refractivity contribution in [3.63, 3.8) is 0 Å². The first-order chi connectivity index (χ1) is 15.6. The van der Waals surface area contributed by atoms with Crippen LogP contribution in [0.4, 0.5) is 0 Å². The molecule has 10 radical (unpaired) electrons. The molecule has 4 aliphatic carbocycles. The van der Waals surface area contributed by atoms with Crippen LogP contribution in [0.25, 0.3) is 12.2 Å². The molecule has 0 heterocycles. The first kappa shape index (κ1) is 23.3. The van der Waals surface area contributed by atoms with Crippen molar-refractivity contribution in [3.8, 4) is 0 Å². The zero-order valence-electron chi connectivity index (χ0n) is 18.0. The van der Waals surface area contributed by atoms with Gasteiger partial charge < -0.3 is 0 Å². The molecule has 2 fully saturated rings. The molecule has 6 rings (SSSR count). The molecule has 4 heteroatoms. The number of halogens is 2. The third-order valence-electron chi connectivity index (χ3n) is 6.70. The Morgan fingerprint density at radius 3 is 1.41 bits per heavy atom. The van der Waals surface area contributed by atoms with Crippen molar-refractivity contribution in [1.29, 1.82) is 0 Å². The molecule has 0 bridgehead atoms. The summed E-state index contributed by atoms with van der Waals surface area (Å²) in [5.74, 6) is 5.63. The molecule has 0 spiro atoms. The van der Waals surface area contributed by atoms with Gasteiger partial charge in [0.1, 0.15) is 0 Å². The molecular weight excluding hydrogens is 527 g/mol. The van der Waals surface area contributed by atoms with E-state index in [1.807, 2.05) is 0 Å². The van der Waals surface area contributed by atoms with Crippen molar-refractivity contribution >= 4 is 37.3 Å². The fraction of sp³-hybridized carbons (Fsp3) is 0.0714. The molecule has 0 amide bonds. The van der Waals surface area contributed by atoms with Crippen LogP contribution >= 0.6 is 17.0 Å². The molecule has 2 saturated carbocycles. The summed E-state index contributed by atoms with van der Waals surface area (Å²) in [7, 11) is 8.01. The molecule has 32 heavy (non-hydrogen) atoms. The van der Waals surface area contributed by atoms with Crippen molar-refractivity contribution < 1.29 is 20.8 Å². The summed E-state index contributed by atoms with van der Waals surface area (Å²) < 4.78 is 0. The Bertz CT molecular complexity index is 950. The Morgan fingerprint density at radius 1 is 0.562 bits per heavy atom. The summed E-state index contributed by atoms with van der Waals surface area (Å²) in [5.41, 5.74) is 8.44. The Morgan fingerprint density at radius 2 is 0.969 bits per heavy atom. The molecule has 0 N–H and O–H groups in total. The SMILES string of the molecule is C[Si](C)([C]1[CH][CH][C]2[C]1C=Cc1ccccc12)[C]1[CH][CH][C]2[C]1C=Cc1ccccc12.[Cl][Zr][Cl]. The predicted octanol–water partition coefficient (Wildman–Crippen LogP) is 7.59. The van der Waals surface area contributed by atoms with Crippen molar-refractivity contribution in [1.82, 2.24) is 0 Å². The van der Waals surface area contributed by atoms with Gasteiger partial charge in [-0.1, -0.05) is 85.9 Å². The van der Waals surface area contributed by atoms with Crippen molar-refractivity contribution in [2.75, 3.05) is 0 Å². The summed E-state index contributed by atoms with van der Waals surface area (Å²) in [5, 5.41) is 0. The van der Waals surface area contributed by atoms with Crippen LogP contribution in [0.2, 0.25) is 13.1 Å². The van der Waals surface area contributed by atoms with Crippen LogP contribution in [0.3, 0.4) is 0 Å². The topological polar surface area (TPSA) is 0 Å². The molecule has 0 aromatic heterocycles. The van der Waals surface area contributed by atoms with Gasteiger partial charge in [0.25, 0.3) is 0 Å². The van der Waals surface area contributed by atoms with Crippen LogP contribution in [-0.2, 0) is 20.8 Å². The van der Waals surface area contributed by atoms with E-state index in [-0.39, 0.29) is 0 Å². The van der Waals surface area contributed by atoms with Crippen LogP contribution in [-0.4, -0.2) is 8.07 Å². The van der Waals surface area contributed by atoms with Gasteiger partial charge in [-0.25, -0.2) is 0 Å². The summed E-state index contributed by atoms with van der Waals surface area (Å²) >= 11 is -0.826. The monoisotopic (exact) mass is 546 g/mol. The molecule has 0 atom stereocenters. The summed E-state index contributed by atoms with van der Waals surface area (Å²) in [4.78, 5) is 0. The van der Waals surface area contributed by atoms with Gasteiger partial charge in [-0.2, -0.15) is 0 Å². The number of benzene rings is 2. The summed E-state index contributed by atoms with van der Waals surface area (Å²) in [6.07, 6.45) is 18.7. The van der Waals surface area contributed by atoms with E-state index in [0.29, 0.717) is 0 Å². The Kier molecular flexibility index (Phi) is 7.07. The second kappa shape index (κ2) is 9.69. The molecule has 4 aliphatic rings. The fourth-order valence-electron chi connectivity index (χ4n) is 5.17.